The van der Waals surface area contributed by atoms with Gasteiger partial charge in [-0.15, -0.1) is 0 Å². The number of halogens is 3. The fourth-order valence-electron chi connectivity index (χ4n) is 3.86. The minimum absolute atomic E-state index is 0.116. The molecule has 6 heteroatoms. The van der Waals surface area contributed by atoms with Crippen LogP contribution < -0.4 is 5.32 Å². The molecule has 1 fully saturated rings. The minimum atomic E-state index is -4.41. The maximum absolute atomic E-state index is 13.1. The number of hydrogen-bond donors (Lipinski definition) is 3. The molecule has 26 heavy (non-hydrogen) atoms. The first-order valence-electron chi connectivity index (χ1n) is 9.29. The van der Waals surface area contributed by atoms with E-state index in [1.807, 2.05) is 14.0 Å². The molecule has 0 aromatic heterocycles. The molecule has 1 aromatic carbocycles. The first kappa shape index (κ1) is 20.9. The molecule has 1 saturated carbocycles. The van der Waals surface area contributed by atoms with E-state index in [-0.39, 0.29) is 12.5 Å². The fourth-order valence-corrected chi connectivity index (χ4v) is 3.86. The van der Waals surface area contributed by atoms with Crippen LogP contribution >= 0.6 is 0 Å². The zero-order valence-corrected chi connectivity index (χ0v) is 15.5. The quantitative estimate of drug-likeness (QED) is 0.599. The van der Waals surface area contributed by atoms with Gasteiger partial charge < -0.3 is 15.8 Å². The molecule has 2 rings (SSSR count). The van der Waals surface area contributed by atoms with E-state index in [0.717, 1.165) is 31.4 Å². The van der Waals surface area contributed by atoms with E-state index in [9.17, 15) is 18.3 Å². The second-order valence-corrected chi connectivity index (χ2v) is 7.54. The highest BCUT2D eigenvalue weighted by molar-refractivity contribution is 5.83. The third-order valence-electron chi connectivity index (χ3n) is 5.48. The van der Waals surface area contributed by atoms with Gasteiger partial charge in [0.25, 0.3) is 0 Å². The second kappa shape index (κ2) is 8.53. The molecule has 0 spiro atoms. The van der Waals surface area contributed by atoms with Gasteiger partial charge in [-0.3, -0.25) is 0 Å². The van der Waals surface area contributed by atoms with Crippen LogP contribution in [-0.2, 0) is 6.18 Å². The Balaban J connectivity index is 2.33. The lowest BCUT2D eigenvalue weighted by molar-refractivity contribution is -0.137. The molecule has 1 aliphatic rings. The van der Waals surface area contributed by atoms with Gasteiger partial charge in [0.2, 0.25) is 0 Å². The van der Waals surface area contributed by atoms with Gasteiger partial charge >= 0.3 is 6.18 Å². The van der Waals surface area contributed by atoms with Gasteiger partial charge in [0.1, 0.15) is 0 Å². The molecule has 1 unspecified atom stereocenters. The largest absolute Gasteiger partial charge is 0.416 e. The standard InChI is InChI=1S/C20H29F3N2O/c1-14(25-2)11-17(24)13-18(19(26)9-4-3-5-10-19)15-7-6-8-16(12-15)20(21,22)23/h6-8,12,14,18,24-26H,3-5,9-11,13H2,1-2H3/t14-,18?/m0/s1. The second-order valence-electron chi connectivity index (χ2n) is 7.54. The highest BCUT2D eigenvalue weighted by Crippen LogP contribution is 2.43. The van der Waals surface area contributed by atoms with Crippen molar-refractivity contribution in [1.82, 2.24) is 5.32 Å². The topological polar surface area (TPSA) is 56.1 Å². The Kier molecular flexibility index (Phi) is 6.86. The van der Waals surface area contributed by atoms with E-state index in [2.05, 4.69) is 5.32 Å². The first-order chi connectivity index (χ1) is 12.2. The zero-order valence-electron chi connectivity index (χ0n) is 15.5. The number of hydrogen-bond acceptors (Lipinski definition) is 3. The number of benzene rings is 1. The van der Waals surface area contributed by atoms with E-state index < -0.39 is 23.3 Å². The maximum Gasteiger partial charge on any atom is 0.416 e. The van der Waals surface area contributed by atoms with Gasteiger partial charge in [-0.25, -0.2) is 0 Å². The van der Waals surface area contributed by atoms with Crippen LogP contribution in [0.4, 0.5) is 13.2 Å². The number of aliphatic hydroxyl groups is 1. The molecule has 3 N–H and O–H groups in total. The van der Waals surface area contributed by atoms with Crippen molar-refractivity contribution in [1.29, 1.82) is 5.41 Å². The van der Waals surface area contributed by atoms with Crippen molar-refractivity contribution in [2.24, 2.45) is 0 Å². The molecule has 0 radical (unpaired) electrons. The van der Waals surface area contributed by atoms with Gasteiger partial charge in [-0.05, 0) is 44.9 Å². The van der Waals surface area contributed by atoms with Crippen LogP contribution in [0.2, 0.25) is 0 Å². The molecular formula is C20H29F3N2O. The summed E-state index contributed by atoms with van der Waals surface area (Å²) in [6, 6.07) is 5.37. The maximum atomic E-state index is 13.1. The van der Waals surface area contributed by atoms with Crippen molar-refractivity contribution < 1.29 is 18.3 Å². The molecule has 0 heterocycles. The van der Waals surface area contributed by atoms with Crippen LogP contribution in [0, 0.1) is 5.41 Å². The SMILES string of the molecule is CN[C@@H](C)CC(=N)CC(c1cccc(C(F)(F)F)c1)C1(O)CCCCC1. The van der Waals surface area contributed by atoms with Crippen LogP contribution in [0.25, 0.3) is 0 Å². The summed E-state index contributed by atoms with van der Waals surface area (Å²) in [4.78, 5) is 0. The predicted octanol–water partition coefficient (Wildman–Crippen LogP) is 4.89. The molecule has 0 saturated heterocycles. The summed E-state index contributed by atoms with van der Waals surface area (Å²) in [5.41, 5.74) is -0.814. The summed E-state index contributed by atoms with van der Waals surface area (Å²) in [5.74, 6) is -0.485. The molecule has 0 amide bonds. The van der Waals surface area contributed by atoms with Crippen molar-refractivity contribution in [3.8, 4) is 0 Å². The molecule has 0 bridgehead atoms. The number of nitrogens with one attached hydrogen (secondary N) is 2. The molecule has 0 aliphatic heterocycles. The Bertz CT molecular complexity index is 609. The average Bonchev–Trinajstić information content (AvgIpc) is 2.59. The fraction of sp³-hybridized carbons (Fsp3) is 0.650. The zero-order chi connectivity index (χ0) is 19.4. The Labute approximate surface area is 153 Å². The van der Waals surface area contributed by atoms with Crippen molar-refractivity contribution in [3.05, 3.63) is 35.4 Å². The van der Waals surface area contributed by atoms with Crippen molar-refractivity contribution in [3.63, 3.8) is 0 Å². The van der Waals surface area contributed by atoms with Gasteiger partial charge in [-0.2, -0.15) is 13.2 Å². The highest BCUT2D eigenvalue weighted by atomic mass is 19.4. The summed E-state index contributed by atoms with van der Waals surface area (Å²) >= 11 is 0. The van der Waals surface area contributed by atoms with Crippen LogP contribution in [0.3, 0.4) is 0 Å². The van der Waals surface area contributed by atoms with E-state index in [0.29, 0.717) is 30.5 Å². The summed E-state index contributed by atoms with van der Waals surface area (Å²) < 4.78 is 39.4. The summed E-state index contributed by atoms with van der Waals surface area (Å²) in [6.07, 6.45) is 0.297. The predicted molar refractivity (Wildman–Crippen MR) is 97.7 cm³/mol. The Morgan fingerprint density at radius 1 is 1.23 bits per heavy atom. The molecule has 1 aromatic rings. The van der Waals surface area contributed by atoms with E-state index in [4.69, 9.17) is 5.41 Å². The highest BCUT2D eigenvalue weighted by Gasteiger charge is 2.40. The lowest BCUT2D eigenvalue weighted by atomic mass is 9.70. The smallest absolute Gasteiger partial charge is 0.389 e. The van der Waals surface area contributed by atoms with E-state index >= 15 is 0 Å². The van der Waals surface area contributed by atoms with Crippen LogP contribution in [0.15, 0.2) is 24.3 Å². The van der Waals surface area contributed by atoms with Gasteiger partial charge in [0.05, 0.1) is 11.2 Å². The van der Waals surface area contributed by atoms with Crippen LogP contribution in [0.5, 0.6) is 0 Å². The van der Waals surface area contributed by atoms with Crippen LogP contribution in [0.1, 0.15) is 68.9 Å². The van der Waals surface area contributed by atoms with Crippen molar-refractivity contribution >= 4 is 5.71 Å². The van der Waals surface area contributed by atoms with Crippen molar-refractivity contribution in [2.75, 3.05) is 7.05 Å². The van der Waals surface area contributed by atoms with Crippen molar-refractivity contribution in [2.45, 2.75) is 75.6 Å². The van der Waals surface area contributed by atoms with Crippen LogP contribution in [-0.4, -0.2) is 29.5 Å². The molecule has 1 aliphatic carbocycles. The normalized spacial score (nSPS) is 19.8. The number of alkyl halides is 3. The Morgan fingerprint density at radius 2 is 1.88 bits per heavy atom. The molecule has 146 valence electrons. The lowest BCUT2D eigenvalue weighted by Gasteiger charge is -2.40. The third-order valence-corrected chi connectivity index (χ3v) is 5.48. The van der Waals surface area contributed by atoms with Gasteiger partial charge in [-0.1, -0.05) is 37.5 Å². The Morgan fingerprint density at radius 3 is 2.46 bits per heavy atom. The lowest BCUT2D eigenvalue weighted by Crippen LogP contribution is -2.40. The molecular weight excluding hydrogens is 341 g/mol. The van der Waals surface area contributed by atoms with E-state index in [1.165, 1.54) is 6.07 Å². The average molecular weight is 370 g/mol. The third kappa shape index (κ3) is 5.30. The Hall–Kier alpha value is -1.40. The van der Waals surface area contributed by atoms with E-state index in [1.54, 1.807) is 6.07 Å². The molecule has 2 atom stereocenters. The minimum Gasteiger partial charge on any atom is -0.389 e. The summed E-state index contributed by atoms with van der Waals surface area (Å²) in [7, 11) is 1.82. The summed E-state index contributed by atoms with van der Waals surface area (Å²) in [6.45, 7) is 1.96. The number of rotatable bonds is 7. The van der Waals surface area contributed by atoms with Gasteiger partial charge in [0, 0.05) is 24.1 Å². The first-order valence-corrected chi connectivity index (χ1v) is 9.29. The van der Waals surface area contributed by atoms with Gasteiger partial charge in [0.15, 0.2) is 0 Å². The monoisotopic (exact) mass is 370 g/mol. The summed E-state index contributed by atoms with van der Waals surface area (Å²) in [5, 5.41) is 22.6. The molecule has 3 nitrogen and oxygen atoms in total.